The Balaban J connectivity index is 1.48. The van der Waals surface area contributed by atoms with Gasteiger partial charge in [-0.3, -0.25) is 9.78 Å². The van der Waals surface area contributed by atoms with Crippen LogP contribution in [0.25, 0.3) is 0 Å². The molecule has 0 aliphatic carbocycles. The van der Waals surface area contributed by atoms with Crippen molar-refractivity contribution in [1.82, 2.24) is 9.55 Å². The molecule has 31 heavy (non-hydrogen) atoms. The van der Waals surface area contributed by atoms with Crippen molar-refractivity contribution in [3.63, 3.8) is 0 Å². The number of benzene rings is 3. The predicted molar refractivity (Wildman–Crippen MR) is 125 cm³/mol. The molecule has 3 aromatic carbocycles. The molecular weight excluding hydrogens is 386 g/mol. The van der Waals surface area contributed by atoms with Gasteiger partial charge in [0.15, 0.2) is 0 Å². The van der Waals surface area contributed by atoms with Crippen LogP contribution in [0.4, 0.5) is 5.69 Å². The summed E-state index contributed by atoms with van der Waals surface area (Å²) >= 11 is 0. The van der Waals surface area contributed by atoms with Gasteiger partial charge < -0.3 is 9.88 Å². The summed E-state index contributed by atoms with van der Waals surface area (Å²) in [5.41, 5.74) is 4.03. The lowest BCUT2D eigenvalue weighted by molar-refractivity contribution is 0.619. The minimum atomic E-state index is -0.373. The number of nitrogens with zero attached hydrogens (tertiary/aromatic N) is 1. The molecule has 0 amide bonds. The fourth-order valence-electron chi connectivity index (χ4n) is 3.80. The highest BCUT2D eigenvalue weighted by Crippen LogP contribution is 2.32. The lowest BCUT2D eigenvalue weighted by Crippen LogP contribution is -2.29. The van der Waals surface area contributed by atoms with E-state index in [9.17, 15) is 9.59 Å². The molecule has 5 nitrogen and oxygen atoms in total. The quantitative estimate of drug-likeness (QED) is 0.337. The number of H-pyrrole nitrogens is 1. The van der Waals surface area contributed by atoms with E-state index in [0.717, 1.165) is 18.7 Å². The highest BCUT2D eigenvalue weighted by atomic mass is 16.2. The van der Waals surface area contributed by atoms with Gasteiger partial charge >= 0.3 is 5.69 Å². The molecule has 4 rings (SSSR count). The Morgan fingerprint density at radius 2 is 1.42 bits per heavy atom. The van der Waals surface area contributed by atoms with Gasteiger partial charge in [-0.2, -0.15) is 0 Å². The number of anilines is 1. The average Bonchev–Trinajstić information content (AvgIpc) is 2.80. The molecule has 0 aliphatic heterocycles. The molecule has 156 valence electrons. The standard InChI is InChI=1S/C26H25N3O2/c30-24-15-18-29(26(31)28-24)17-8-16-27-23-14-7-13-22(19-23)25(20-9-3-1-4-10-20)21-11-5-2-6-12-21/h1-7,9-15,18-19,25,27H,8,16-17H2,(H,28,30,31). The molecule has 0 saturated carbocycles. The second-order valence-corrected chi connectivity index (χ2v) is 7.46. The third-order valence-corrected chi connectivity index (χ3v) is 5.29. The number of aromatic amines is 1. The molecule has 0 radical (unpaired) electrons. The molecule has 1 aromatic heterocycles. The number of hydrogen-bond acceptors (Lipinski definition) is 3. The molecule has 0 bridgehead atoms. The maximum atomic E-state index is 11.8. The van der Waals surface area contributed by atoms with E-state index in [2.05, 4.69) is 83.1 Å². The van der Waals surface area contributed by atoms with Crippen molar-refractivity contribution in [2.24, 2.45) is 0 Å². The van der Waals surface area contributed by atoms with Gasteiger partial charge in [0, 0.05) is 37.0 Å². The van der Waals surface area contributed by atoms with Gasteiger partial charge in [0.2, 0.25) is 0 Å². The lowest BCUT2D eigenvalue weighted by Gasteiger charge is -2.20. The monoisotopic (exact) mass is 411 g/mol. The molecule has 5 heteroatoms. The van der Waals surface area contributed by atoms with Crippen molar-refractivity contribution in [1.29, 1.82) is 0 Å². The number of nitrogens with one attached hydrogen (secondary N) is 2. The molecule has 0 aliphatic rings. The van der Waals surface area contributed by atoms with Crippen LogP contribution in [0.3, 0.4) is 0 Å². The van der Waals surface area contributed by atoms with E-state index in [1.807, 2.05) is 12.1 Å². The number of aryl methyl sites for hydroxylation is 1. The molecule has 0 fully saturated rings. The van der Waals surface area contributed by atoms with E-state index in [4.69, 9.17) is 0 Å². The zero-order valence-electron chi connectivity index (χ0n) is 17.2. The predicted octanol–water partition coefficient (Wildman–Crippen LogP) is 4.22. The van der Waals surface area contributed by atoms with Crippen molar-refractivity contribution in [3.8, 4) is 0 Å². The van der Waals surface area contributed by atoms with E-state index >= 15 is 0 Å². The first kappa shape index (κ1) is 20.4. The van der Waals surface area contributed by atoms with Gasteiger partial charge in [0.25, 0.3) is 5.56 Å². The summed E-state index contributed by atoms with van der Waals surface area (Å²) in [5, 5.41) is 3.46. The third-order valence-electron chi connectivity index (χ3n) is 5.29. The van der Waals surface area contributed by atoms with E-state index in [1.165, 1.54) is 33.5 Å². The first-order valence-corrected chi connectivity index (χ1v) is 10.4. The van der Waals surface area contributed by atoms with Crippen molar-refractivity contribution in [2.45, 2.75) is 18.9 Å². The summed E-state index contributed by atoms with van der Waals surface area (Å²) in [6.07, 6.45) is 2.29. The van der Waals surface area contributed by atoms with Crippen molar-refractivity contribution >= 4 is 5.69 Å². The maximum absolute atomic E-state index is 11.8. The van der Waals surface area contributed by atoms with E-state index < -0.39 is 0 Å². The average molecular weight is 412 g/mol. The number of aromatic nitrogens is 2. The summed E-state index contributed by atoms with van der Waals surface area (Å²) < 4.78 is 1.51. The third kappa shape index (κ3) is 5.20. The first-order valence-electron chi connectivity index (χ1n) is 10.4. The molecule has 2 N–H and O–H groups in total. The van der Waals surface area contributed by atoms with Crippen LogP contribution >= 0.6 is 0 Å². The fraction of sp³-hybridized carbons (Fsp3) is 0.154. The lowest BCUT2D eigenvalue weighted by atomic mass is 9.85. The molecule has 0 saturated heterocycles. The van der Waals surface area contributed by atoms with Crippen molar-refractivity contribution < 1.29 is 0 Å². The van der Waals surface area contributed by atoms with E-state index in [0.29, 0.717) is 6.54 Å². The molecule has 0 unspecified atom stereocenters. The summed E-state index contributed by atoms with van der Waals surface area (Å²) in [6, 6.07) is 30.9. The van der Waals surface area contributed by atoms with Crippen LogP contribution in [0.1, 0.15) is 29.0 Å². The fourth-order valence-corrected chi connectivity index (χ4v) is 3.80. The summed E-state index contributed by atoms with van der Waals surface area (Å²) in [6.45, 7) is 1.26. The number of hydrogen-bond donors (Lipinski definition) is 2. The van der Waals surface area contributed by atoms with Crippen LogP contribution in [-0.4, -0.2) is 16.1 Å². The maximum Gasteiger partial charge on any atom is 0.328 e. The Hall–Kier alpha value is -3.86. The second-order valence-electron chi connectivity index (χ2n) is 7.46. The van der Waals surface area contributed by atoms with Crippen molar-refractivity contribution in [2.75, 3.05) is 11.9 Å². The summed E-state index contributed by atoms with van der Waals surface area (Å²) in [4.78, 5) is 25.2. The minimum absolute atomic E-state index is 0.156. The van der Waals surface area contributed by atoms with Gasteiger partial charge in [-0.25, -0.2) is 4.79 Å². The topological polar surface area (TPSA) is 66.9 Å². The van der Waals surface area contributed by atoms with Gasteiger partial charge in [-0.15, -0.1) is 0 Å². The van der Waals surface area contributed by atoms with Crippen LogP contribution in [0.5, 0.6) is 0 Å². The van der Waals surface area contributed by atoms with Crippen LogP contribution in [0, 0.1) is 0 Å². The number of rotatable bonds is 8. The van der Waals surface area contributed by atoms with Crippen LogP contribution < -0.4 is 16.6 Å². The summed E-state index contributed by atoms with van der Waals surface area (Å²) in [7, 11) is 0. The van der Waals surface area contributed by atoms with Gasteiger partial charge in [-0.1, -0.05) is 72.8 Å². The molecule has 1 heterocycles. The minimum Gasteiger partial charge on any atom is -0.385 e. The first-order chi connectivity index (χ1) is 15.2. The van der Waals surface area contributed by atoms with Crippen LogP contribution in [0.15, 0.2) is 107 Å². The normalized spacial score (nSPS) is 10.9. The zero-order chi connectivity index (χ0) is 21.5. The smallest absolute Gasteiger partial charge is 0.328 e. The van der Waals surface area contributed by atoms with E-state index in [1.54, 1.807) is 0 Å². The Morgan fingerprint density at radius 3 is 2.06 bits per heavy atom. The Bertz CT molecular complexity index is 1190. The molecular formula is C26H25N3O2. The largest absolute Gasteiger partial charge is 0.385 e. The second kappa shape index (κ2) is 9.76. The molecule has 0 atom stereocenters. The van der Waals surface area contributed by atoms with Gasteiger partial charge in [0.05, 0.1) is 0 Å². The highest BCUT2D eigenvalue weighted by molar-refractivity contribution is 5.51. The van der Waals surface area contributed by atoms with Crippen LogP contribution in [0.2, 0.25) is 0 Å². The Morgan fingerprint density at radius 1 is 0.774 bits per heavy atom. The Labute approximate surface area is 181 Å². The van der Waals surface area contributed by atoms with Crippen molar-refractivity contribution in [3.05, 3.63) is 135 Å². The summed E-state index contributed by atoms with van der Waals surface area (Å²) in [5.74, 6) is 0.156. The highest BCUT2D eigenvalue weighted by Gasteiger charge is 2.16. The molecule has 4 aromatic rings. The van der Waals surface area contributed by atoms with Gasteiger partial charge in [0.1, 0.15) is 0 Å². The SMILES string of the molecule is O=c1ccn(CCCNc2cccc(C(c3ccccc3)c3ccccc3)c2)c(=O)[nH]1. The Kier molecular flexibility index (Phi) is 6.43. The van der Waals surface area contributed by atoms with Gasteiger partial charge in [-0.05, 0) is 35.2 Å². The molecule has 0 spiro atoms. The van der Waals surface area contributed by atoms with E-state index in [-0.39, 0.29) is 17.2 Å². The van der Waals surface area contributed by atoms with Crippen LogP contribution in [-0.2, 0) is 6.54 Å². The zero-order valence-corrected chi connectivity index (χ0v) is 17.2.